The predicted octanol–water partition coefficient (Wildman–Crippen LogP) is 9.81. The van der Waals surface area contributed by atoms with Gasteiger partial charge in [-0.05, 0) is 110 Å². The van der Waals surface area contributed by atoms with E-state index in [1.807, 2.05) is 36.4 Å². The number of pyridine rings is 3. The Labute approximate surface area is 310 Å². The van der Waals surface area contributed by atoms with Crippen molar-refractivity contribution in [3.05, 3.63) is 163 Å². The third kappa shape index (κ3) is 4.79. The van der Waals surface area contributed by atoms with Crippen molar-refractivity contribution in [2.24, 2.45) is 0 Å². The molecule has 9 heteroatoms. The Kier molecular flexibility index (Phi) is 7.26. The van der Waals surface area contributed by atoms with Gasteiger partial charge >= 0.3 is 0 Å². The van der Waals surface area contributed by atoms with Gasteiger partial charge in [-0.1, -0.05) is 54.6 Å². The van der Waals surface area contributed by atoms with E-state index < -0.39 is 0 Å². The van der Waals surface area contributed by atoms with Crippen molar-refractivity contribution in [3.63, 3.8) is 0 Å². The van der Waals surface area contributed by atoms with Crippen LogP contribution in [0.25, 0.3) is 84.7 Å². The topological polar surface area (TPSA) is 92.1 Å². The second-order valence-electron chi connectivity index (χ2n) is 13.4. The molecule has 0 bridgehead atoms. The number of aromatic nitrogens is 9. The molecule has 0 aliphatic carbocycles. The lowest BCUT2D eigenvalue weighted by Gasteiger charge is -2.23. The summed E-state index contributed by atoms with van der Waals surface area (Å²) in [5, 5.41) is 0. The molecule has 0 aliphatic heterocycles. The van der Waals surface area contributed by atoms with Crippen LogP contribution >= 0.6 is 0 Å². The van der Waals surface area contributed by atoms with Gasteiger partial charge in [-0.25, -0.2) is 29.9 Å². The van der Waals surface area contributed by atoms with Crippen molar-refractivity contribution in [3.8, 4) is 51.2 Å². The monoisotopic (exact) mass is 699 g/mol. The lowest BCUT2D eigenvalue weighted by molar-refractivity contribution is 1.06. The van der Waals surface area contributed by atoms with Gasteiger partial charge in [-0.15, -0.1) is 0 Å². The van der Waals surface area contributed by atoms with Crippen molar-refractivity contribution in [1.82, 2.24) is 43.6 Å². The van der Waals surface area contributed by atoms with E-state index in [1.54, 1.807) is 18.6 Å². The number of rotatable bonds is 6. The molecular formula is C45H33N9. The van der Waals surface area contributed by atoms with Gasteiger partial charge in [0.1, 0.15) is 17.5 Å². The third-order valence-corrected chi connectivity index (χ3v) is 10.3. The number of fused-ring (bicyclic) bond motifs is 3. The Balaban J connectivity index is 1.39. The first-order valence-electron chi connectivity index (χ1n) is 17.9. The van der Waals surface area contributed by atoms with Crippen LogP contribution in [0.4, 0.5) is 0 Å². The molecule has 0 fully saturated rings. The smallest absolute Gasteiger partial charge is 0.178 e. The van der Waals surface area contributed by atoms with Crippen molar-refractivity contribution < 1.29 is 0 Å². The van der Waals surface area contributed by atoms with Gasteiger partial charge in [0, 0.05) is 52.3 Å². The fourth-order valence-electron chi connectivity index (χ4n) is 7.98. The van der Waals surface area contributed by atoms with Crippen LogP contribution in [0.3, 0.4) is 0 Å². The average molecular weight is 700 g/mol. The lowest BCUT2D eigenvalue weighted by Crippen LogP contribution is -2.09. The molecule has 0 N–H and O–H groups in total. The standard InChI is InChI=1S/C45H33N9/c1-28-37(43-49-40-34(22-13-25-46-40)52(43)31-16-7-4-8-17-31)29(2)39(45-51-42-36(24-15-27-48-42)54(45)33-20-11-6-12-21-33)30(3)38(28)44-50-41-35(23-14-26-47-41)53(44)32-18-9-5-10-19-32/h4-27H,1-3H3. The Morgan fingerprint density at radius 1 is 0.333 bits per heavy atom. The van der Waals surface area contributed by atoms with E-state index in [9.17, 15) is 0 Å². The molecule has 0 saturated heterocycles. The zero-order valence-corrected chi connectivity index (χ0v) is 29.9. The van der Waals surface area contributed by atoms with Crippen LogP contribution < -0.4 is 0 Å². The molecular weight excluding hydrogens is 667 g/mol. The number of benzene rings is 4. The van der Waals surface area contributed by atoms with E-state index in [1.165, 1.54) is 0 Å². The van der Waals surface area contributed by atoms with Crippen LogP contribution in [0.2, 0.25) is 0 Å². The summed E-state index contributed by atoms with van der Waals surface area (Å²) in [4.78, 5) is 30.1. The number of hydrogen-bond donors (Lipinski definition) is 0. The van der Waals surface area contributed by atoms with Gasteiger partial charge in [0.25, 0.3) is 0 Å². The normalized spacial score (nSPS) is 11.6. The molecule has 0 aliphatic rings. The van der Waals surface area contributed by atoms with E-state index in [0.29, 0.717) is 16.9 Å². The second kappa shape index (κ2) is 12.5. The minimum atomic E-state index is 0.667. The third-order valence-electron chi connectivity index (χ3n) is 10.3. The number of nitrogens with zero attached hydrogens (tertiary/aromatic N) is 9. The first kappa shape index (κ1) is 31.5. The molecule has 0 atom stereocenters. The SMILES string of the molecule is Cc1c(-c2nc3ncccc3n2-c2ccccc2)c(C)c(-c2nc3ncccc3n2-c2ccccc2)c(C)c1-c1nc2ncccc2n1-c1ccccc1. The zero-order valence-electron chi connectivity index (χ0n) is 29.9. The Bertz CT molecular complexity index is 2670. The maximum absolute atomic E-state index is 5.30. The second-order valence-corrected chi connectivity index (χ2v) is 13.4. The van der Waals surface area contributed by atoms with Gasteiger partial charge in [0.2, 0.25) is 0 Å². The van der Waals surface area contributed by atoms with Gasteiger partial charge < -0.3 is 0 Å². The van der Waals surface area contributed by atoms with Crippen LogP contribution in [0, 0.1) is 20.8 Å². The van der Waals surface area contributed by atoms with Gasteiger partial charge in [-0.3, -0.25) is 13.7 Å². The average Bonchev–Trinajstić information content (AvgIpc) is 3.90. The summed E-state index contributed by atoms with van der Waals surface area (Å²) in [5.74, 6) is 2.36. The van der Waals surface area contributed by atoms with Crippen LogP contribution in [0.1, 0.15) is 16.7 Å². The van der Waals surface area contributed by atoms with Gasteiger partial charge in [-0.2, -0.15) is 0 Å². The lowest BCUT2D eigenvalue weighted by atomic mass is 9.86. The summed E-state index contributed by atoms with van der Waals surface area (Å²) in [6, 6.07) is 43.2. The van der Waals surface area contributed by atoms with Gasteiger partial charge in [0.15, 0.2) is 16.9 Å². The number of para-hydroxylation sites is 3. The summed E-state index contributed by atoms with van der Waals surface area (Å²) < 4.78 is 6.64. The van der Waals surface area contributed by atoms with Crippen LogP contribution in [-0.2, 0) is 0 Å². The van der Waals surface area contributed by atoms with E-state index in [-0.39, 0.29) is 0 Å². The predicted molar refractivity (Wildman–Crippen MR) is 214 cm³/mol. The fraction of sp³-hybridized carbons (Fsp3) is 0.0667. The van der Waals surface area contributed by atoms with Crippen molar-refractivity contribution in [1.29, 1.82) is 0 Å². The first-order chi connectivity index (χ1) is 26.6. The Morgan fingerprint density at radius 2 is 0.611 bits per heavy atom. The molecule has 6 heterocycles. The highest BCUT2D eigenvalue weighted by atomic mass is 15.1. The molecule has 0 radical (unpaired) electrons. The Morgan fingerprint density at radius 3 is 0.889 bits per heavy atom. The molecule has 6 aromatic heterocycles. The van der Waals surface area contributed by atoms with E-state index in [2.05, 4.69) is 125 Å². The minimum Gasteiger partial charge on any atom is -0.291 e. The van der Waals surface area contributed by atoms with Crippen molar-refractivity contribution in [2.75, 3.05) is 0 Å². The molecule has 258 valence electrons. The molecule has 0 saturated carbocycles. The molecule has 4 aromatic carbocycles. The summed E-state index contributed by atoms with van der Waals surface area (Å²) in [6.45, 7) is 6.54. The molecule has 10 aromatic rings. The molecule has 54 heavy (non-hydrogen) atoms. The highest BCUT2D eigenvalue weighted by Gasteiger charge is 2.30. The first-order valence-corrected chi connectivity index (χ1v) is 17.9. The summed E-state index contributed by atoms with van der Waals surface area (Å²) in [6.07, 6.45) is 5.39. The molecule has 0 amide bonds. The van der Waals surface area contributed by atoms with E-state index in [4.69, 9.17) is 29.9 Å². The summed E-state index contributed by atoms with van der Waals surface area (Å²) >= 11 is 0. The molecule has 9 nitrogen and oxygen atoms in total. The fourth-order valence-corrected chi connectivity index (χ4v) is 7.98. The van der Waals surface area contributed by atoms with Gasteiger partial charge in [0.05, 0.1) is 16.6 Å². The van der Waals surface area contributed by atoms with Crippen molar-refractivity contribution in [2.45, 2.75) is 20.8 Å². The number of imidazole rings is 3. The van der Waals surface area contributed by atoms with E-state index >= 15 is 0 Å². The summed E-state index contributed by atoms with van der Waals surface area (Å²) in [7, 11) is 0. The van der Waals surface area contributed by atoms with E-state index in [0.717, 1.165) is 84.5 Å². The van der Waals surface area contributed by atoms with Crippen LogP contribution in [-0.4, -0.2) is 43.6 Å². The number of hydrogen-bond acceptors (Lipinski definition) is 6. The maximum Gasteiger partial charge on any atom is 0.178 e. The van der Waals surface area contributed by atoms with Crippen LogP contribution in [0.15, 0.2) is 146 Å². The highest BCUT2D eigenvalue weighted by Crippen LogP contribution is 2.46. The largest absolute Gasteiger partial charge is 0.291 e. The maximum atomic E-state index is 5.30. The van der Waals surface area contributed by atoms with Crippen molar-refractivity contribution >= 4 is 33.5 Å². The quantitative estimate of drug-likeness (QED) is 0.172. The molecule has 0 spiro atoms. The van der Waals surface area contributed by atoms with Crippen LogP contribution in [0.5, 0.6) is 0 Å². The molecule has 10 rings (SSSR count). The minimum absolute atomic E-state index is 0.667. The molecule has 0 unspecified atom stereocenters. The highest BCUT2D eigenvalue weighted by molar-refractivity contribution is 5.94. The Hall–Kier alpha value is -7.26. The zero-order chi connectivity index (χ0) is 36.3. The summed E-state index contributed by atoms with van der Waals surface area (Å²) in [5.41, 5.74) is 13.8.